The number of halogens is 3. The molecular weight excluding hydrogens is 477 g/mol. The minimum Gasteiger partial charge on any atom is -0.392 e. The van der Waals surface area contributed by atoms with Crippen molar-refractivity contribution in [1.82, 2.24) is 0 Å². The highest BCUT2D eigenvalue weighted by Gasteiger charge is 2.49. The lowest BCUT2D eigenvalue weighted by molar-refractivity contribution is -0.137. The second-order valence-corrected chi connectivity index (χ2v) is 13.1. The fourth-order valence-electron chi connectivity index (χ4n) is 4.60. The summed E-state index contributed by atoms with van der Waals surface area (Å²) in [6, 6.07) is 24.2. The molecule has 0 radical (unpaired) electrons. The zero-order valence-corrected chi connectivity index (χ0v) is 22.4. The molecule has 6 heteroatoms. The van der Waals surface area contributed by atoms with Crippen LogP contribution in [-0.4, -0.2) is 19.7 Å². The largest absolute Gasteiger partial charge is 0.416 e. The molecular formula is C30H33F3O2Si. The minimum absolute atomic E-state index is 0.0862. The number of ketones is 1. The molecule has 36 heavy (non-hydrogen) atoms. The van der Waals surface area contributed by atoms with E-state index < -0.39 is 25.7 Å². The molecule has 0 aromatic heterocycles. The van der Waals surface area contributed by atoms with E-state index in [4.69, 9.17) is 4.43 Å². The van der Waals surface area contributed by atoms with Crippen LogP contribution in [0.25, 0.3) is 0 Å². The molecule has 0 unspecified atom stereocenters. The van der Waals surface area contributed by atoms with Crippen molar-refractivity contribution < 1.29 is 22.4 Å². The first kappa shape index (κ1) is 27.6. The number of hydrogen-bond donors (Lipinski definition) is 0. The van der Waals surface area contributed by atoms with Crippen LogP contribution in [-0.2, 0) is 10.6 Å². The molecule has 0 fully saturated rings. The summed E-state index contributed by atoms with van der Waals surface area (Å²) in [4.78, 5) is 14.3. The lowest BCUT2D eigenvalue weighted by Gasteiger charge is -2.43. The summed E-state index contributed by atoms with van der Waals surface area (Å²) >= 11 is 0. The van der Waals surface area contributed by atoms with Gasteiger partial charge in [0.1, 0.15) is 5.60 Å². The van der Waals surface area contributed by atoms with Gasteiger partial charge in [-0.25, -0.2) is 0 Å². The molecule has 0 N–H and O–H groups in total. The first-order chi connectivity index (χ1) is 16.9. The van der Waals surface area contributed by atoms with Gasteiger partial charge in [0.25, 0.3) is 8.32 Å². The van der Waals surface area contributed by atoms with E-state index in [0.29, 0.717) is 6.42 Å². The molecule has 0 aliphatic rings. The van der Waals surface area contributed by atoms with Gasteiger partial charge in [-0.05, 0) is 60.8 Å². The maximum atomic E-state index is 14.3. The lowest BCUT2D eigenvalue weighted by atomic mass is 9.80. The quantitative estimate of drug-likeness (QED) is 0.175. The first-order valence-electron chi connectivity index (χ1n) is 12.1. The highest BCUT2D eigenvalue weighted by atomic mass is 28.4. The number of Topliss-reactive ketones (excluding diaryl/α,β-unsaturated/α-hetero) is 1. The summed E-state index contributed by atoms with van der Waals surface area (Å²) in [6.07, 6.45) is -2.21. The Bertz CT molecular complexity index is 1150. The SMILES string of the molecule is C/C=C(\C)[C@](CC(C)C)(O[Si](C)(c1ccccc1)c1ccccc1)C(=O)c1ccc(C(F)(F)F)cc1. The van der Waals surface area contributed by atoms with Gasteiger partial charge in [-0.3, -0.25) is 4.79 Å². The van der Waals surface area contributed by atoms with Crippen LogP contribution in [0.1, 0.15) is 50.0 Å². The summed E-state index contributed by atoms with van der Waals surface area (Å²) in [6.45, 7) is 9.85. The summed E-state index contributed by atoms with van der Waals surface area (Å²) in [7, 11) is -2.96. The minimum atomic E-state index is -4.47. The highest BCUT2D eigenvalue weighted by Crippen LogP contribution is 2.37. The predicted octanol–water partition coefficient (Wildman–Crippen LogP) is 7.05. The molecule has 3 aromatic rings. The molecule has 0 aliphatic heterocycles. The Morgan fingerprint density at radius 1 is 0.889 bits per heavy atom. The summed E-state index contributed by atoms with van der Waals surface area (Å²) in [5.74, 6) is -0.241. The van der Waals surface area contributed by atoms with Gasteiger partial charge < -0.3 is 4.43 Å². The van der Waals surface area contributed by atoms with Gasteiger partial charge in [0.15, 0.2) is 5.78 Å². The maximum Gasteiger partial charge on any atom is 0.416 e. The molecule has 1 atom stereocenters. The Morgan fingerprint density at radius 3 is 1.75 bits per heavy atom. The maximum absolute atomic E-state index is 14.3. The van der Waals surface area contributed by atoms with E-state index in [1.54, 1.807) is 0 Å². The van der Waals surface area contributed by atoms with Gasteiger partial charge >= 0.3 is 6.18 Å². The molecule has 3 rings (SSSR count). The number of rotatable bonds is 9. The van der Waals surface area contributed by atoms with Crippen molar-refractivity contribution in [2.75, 3.05) is 0 Å². The number of benzene rings is 3. The van der Waals surface area contributed by atoms with Gasteiger partial charge in [0.05, 0.1) is 5.56 Å². The van der Waals surface area contributed by atoms with Crippen LogP contribution in [0.2, 0.25) is 6.55 Å². The summed E-state index contributed by atoms with van der Waals surface area (Å²) < 4.78 is 46.8. The van der Waals surface area contributed by atoms with Gasteiger partial charge in [-0.15, -0.1) is 0 Å². The Balaban J connectivity index is 2.23. The van der Waals surface area contributed by atoms with Crippen LogP contribution in [0.4, 0.5) is 13.2 Å². The third kappa shape index (κ3) is 5.71. The number of hydrogen-bond acceptors (Lipinski definition) is 2. The van der Waals surface area contributed by atoms with E-state index >= 15 is 0 Å². The third-order valence-electron chi connectivity index (χ3n) is 6.63. The monoisotopic (exact) mass is 510 g/mol. The van der Waals surface area contributed by atoms with Crippen molar-refractivity contribution in [1.29, 1.82) is 0 Å². The fourth-order valence-corrected chi connectivity index (χ4v) is 7.86. The van der Waals surface area contributed by atoms with E-state index in [0.717, 1.165) is 28.1 Å². The molecule has 0 saturated heterocycles. The van der Waals surface area contributed by atoms with Crippen molar-refractivity contribution in [3.8, 4) is 0 Å². The van der Waals surface area contributed by atoms with Gasteiger partial charge in [-0.1, -0.05) is 92.7 Å². The molecule has 190 valence electrons. The highest BCUT2D eigenvalue weighted by molar-refractivity contribution is 6.96. The number of carbonyl (C=O) groups excluding carboxylic acids is 1. The van der Waals surface area contributed by atoms with Crippen molar-refractivity contribution in [2.45, 2.75) is 52.4 Å². The Kier molecular flexibility index (Phi) is 8.42. The van der Waals surface area contributed by atoms with Crippen molar-refractivity contribution in [2.24, 2.45) is 5.92 Å². The van der Waals surface area contributed by atoms with E-state index in [1.807, 2.05) is 94.4 Å². The second-order valence-electron chi connectivity index (χ2n) is 9.67. The summed E-state index contributed by atoms with van der Waals surface area (Å²) in [5, 5.41) is 2.02. The van der Waals surface area contributed by atoms with Crippen molar-refractivity contribution in [3.63, 3.8) is 0 Å². The molecule has 0 aliphatic carbocycles. The Morgan fingerprint density at radius 2 is 1.36 bits per heavy atom. The average Bonchev–Trinajstić information content (AvgIpc) is 2.87. The third-order valence-corrected chi connectivity index (χ3v) is 10.3. The molecule has 3 aromatic carbocycles. The number of carbonyl (C=O) groups is 1. The number of alkyl halides is 3. The summed E-state index contributed by atoms with van der Waals surface area (Å²) in [5.41, 5.74) is -1.19. The van der Waals surface area contributed by atoms with Crippen LogP contribution in [0.5, 0.6) is 0 Å². The Labute approximate surface area is 213 Å². The van der Waals surface area contributed by atoms with Crippen LogP contribution < -0.4 is 10.4 Å². The normalized spacial score (nSPS) is 14.5. The van der Waals surface area contributed by atoms with Gasteiger partial charge in [-0.2, -0.15) is 13.2 Å². The molecule has 0 bridgehead atoms. The second kappa shape index (κ2) is 11.0. The van der Waals surface area contributed by atoms with Crippen molar-refractivity contribution >= 4 is 24.5 Å². The average molecular weight is 511 g/mol. The lowest BCUT2D eigenvalue weighted by Crippen LogP contribution is -2.64. The Hall–Kier alpha value is -2.96. The van der Waals surface area contributed by atoms with Crippen molar-refractivity contribution in [3.05, 3.63) is 108 Å². The number of allylic oxidation sites excluding steroid dienone is 1. The van der Waals surface area contributed by atoms with Gasteiger partial charge in [0, 0.05) is 5.56 Å². The smallest absolute Gasteiger partial charge is 0.392 e. The molecule has 0 heterocycles. The molecule has 0 spiro atoms. The fraction of sp³-hybridized carbons (Fsp3) is 0.300. The first-order valence-corrected chi connectivity index (χ1v) is 14.5. The van der Waals surface area contributed by atoms with Gasteiger partial charge in [0.2, 0.25) is 0 Å². The van der Waals surface area contributed by atoms with E-state index in [2.05, 4.69) is 6.55 Å². The zero-order valence-electron chi connectivity index (χ0n) is 21.4. The van der Waals surface area contributed by atoms with Crippen LogP contribution in [0.3, 0.4) is 0 Å². The standard InChI is InChI=1S/C30H33F3O2Si/c1-6-23(4)29(21-22(2)3,28(34)24-17-19-25(20-18-24)30(31,32)33)35-36(5,26-13-9-7-10-14-26)27-15-11-8-12-16-27/h6-20,22H,21H2,1-5H3/b23-6+/t29-/m0/s1. The topological polar surface area (TPSA) is 26.3 Å². The molecule has 0 amide bonds. The van der Waals surface area contributed by atoms with Crippen LogP contribution in [0, 0.1) is 5.92 Å². The predicted molar refractivity (Wildman–Crippen MR) is 142 cm³/mol. The van der Waals surface area contributed by atoms with E-state index in [-0.39, 0.29) is 17.3 Å². The van der Waals surface area contributed by atoms with Crippen LogP contribution in [0.15, 0.2) is 96.6 Å². The van der Waals surface area contributed by atoms with Crippen LogP contribution >= 0.6 is 0 Å². The van der Waals surface area contributed by atoms with E-state index in [9.17, 15) is 18.0 Å². The zero-order chi connectivity index (χ0) is 26.6. The molecule has 0 saturated carbocycles. The molecule has 2 nitrogen and oxygen atoms in total. The van der Waals surface area contributed by atoms with E-state index in [1.165, 1.54) is 12.1 Å².